The highest BCUT2D eigenvalue weighted by atomic mass is 16.2. The van der Waals surface area contributed by atoms with Crippen molar-refractivity contribution in [2.24, 2.45) is 0 Å². The number of rotatable bonds is 5. The molecule has 0 atom stereocenters. The van der Waals surface area contributed by atoms with Gasteiger partial charge in [0.05, 0.1) is 6.42 Å². The number of hydrogen-bond donors (Lipinski definition) is 2. The molecule has 150 valence electrons. The van der Waals surface area contributed by atoms with E-state index in [1.165, 1.54) is 25.7 Å². The lowest BCUT2D eigenvalue weighted by molar-refractivity contribution is -0.120. The minimum Gasteiger partial charge on any atom is -0.357 e. The van der Waals surface area contributed by atoms with Crippen molar-refractivity contribution in [2.75, 3.05) is 18.0 Å². The Morgan fingerprint density at radius 1 is 1.07 bits per heavy atom. The van der Waals surface area contributed by atoms with Gasteiger partial charge in [-0.15, -0.1) is 0 Å². The summed E-state index contributed by atoms with van der Waals surface area (Å²) < 4.78 is 0. The van der Waals surface area contributed by atoms with Crippen molar-refractivity contribution < 1.29 is 4.79 Å². The van der Waals surface area contributed by atoms with E-state index in [-0.39, 0.29) is 17.9 Å². The number of H-pyrrole nitrogens is 1. The number of hydrogen-bond acceptors (Lipinski definition) is 4. The van der Waals surface area contributed by atoms with Gasteiger partial charge in [-0.3, -0.25) is 9.59 Å². The van der Waals surface area contributed by atoms with Crippen LogP contribution < -0.4 is 15.8 Å². The van der Waals surface area contributed by atoms with Crippen molar-refractivity contribution in [3.63, 3.8) is 0 Å². The Morgan fingerprint density at radius 3 is 2.69 bits per heavy atom. The third-order valence-corrected chi connectivity index (χ3v) is 5.41. The lowest BCUT2D eigenvalue weighted by Gasteiger charge is -2.21. The molecule has 1 saturated heterocycles. The van der Waals surface area contributed by atoms with Crippen molar-refractivity contribution in [3.05, 3.63) is 70.1 Å². The molecular formula is C23H26N4O2. The molecule has 1 aromatic carbocycles. The SMILES string of the molecule is O=C(Cc1cc2ccccc2[nH]c1=O)NCc1ccnc(N2CCCCCC2)c1. The van der Waals surface area contributed by atoms with Crippen LogP contribution in [-0.4, -0.2) is 29.0 Å². The van der Waals surface area contributed by atoms with Gasteiger partial charge in [0.2, 0.25) is 5.91 Å². The van der Waals surface area contributed by atoms with Crippen LogP contribution in [0.1, 0.15) is 36.8 Å². The third-order valence-electron chi connectivity index (χ3n) is 5.41. The van der Waals surface area contributed by atoms with Gasteiger partial charge >= 0.3 is 0 Å². The average molecular weight is 390 g/mol. The van der Waals surface area contributed by atoms with Gasteiger partial charge in [-0.05, 0) is 48.1 Å². The molecule has 1 amide bonds. The highest BCUT2D eigenvalue weighted by molar-refractivity contribution is 5.82. The van der Waals surface area contributed by atoms with Crippen LogP contribution in [-0.2, 0) is 17.8 Å². The minimum absolute atomic E-state index is 0.0598. The molecule has 6 heteroatoms. The highest BCUT2D eigenvalue weighted by Crippen LogP contribution is 2.18. The summed E-state index contributed by atoms with van der Waals surface area (Å²) in [6, 6.07) is 13.3. The normalized spacial score (nSPS) is 14.6. The molecule has 4 rings (SSSR count). The molecule has 0 aliphatic carbocycles. The van der Waals surface area contributed by atoms with Crippen LogP contribution in [0.25, 0.3) is 10.9 Å². The molecule has 29 heavy (non-hydrogen) atoms. The molecule has 0 bridgehead atoms. The Labute approximate surface area is 170 Å². The molecule has 1 aliphatic rings. The number of fused-ring (bicyclic) bond motifs is 1. The molecule has 0 spiro atoms. The van der Waals surface area contributed by atoms with Crippen LogP contribution in [0.5, 0.6) is 0 Å². The van der Waals surface area contributed by atoms with Gasteiger partial charge in [0, 0.05) is 36.9 Å². The first-order chi connectivity index (χ1) is 14.2. The van der Waals surface area contributed by atoms with E-state index < -0.39 is 0 Å². The maximum atomic E-state index is 12.4. The van der Waals surface area contributed by atoms with Crippen LogP contribution in [0.3, 0.4) is 0 Å². The smallest absolute Gasteiger partial charge is 0.252 e. The summed E-state index contributed by atoms with van der Waals surface area (Å²) in [5.74, 6) is 0.809. The summed E-state index contributed by atoms with van der Waals surface area (Å²) in [5, 5.41) is 3.85. The second-order valence-corrected chi connectivity index (χ2v) is 7.59. The Kier molecular flexibility index (Phi) is 5.89. The standard InChI is InChI=1S/C23H26N4O2/c28-22(15-19-14-18-7-3-4-8-20(18)26-23(19)29)25-16-17-9-10-24-21(13-17)27-11-5-1-2-6-12-27/h3-4,7-10,13-14H,1-2,5-6,11-12,15-16H2,(H,25,28)(H,26,29). The van der Waals surface area contributed by atoms with Gasteiger partial charge in [-0.2, -0.15) is 0 Å². The zero-order valence-corrected chi connectivity index (χ0v) is 16.5. The summed E-state index contributed by atoms with van der Waals surface area (Å²) in [5.41, 5.74) is 2.05. The maximum absolute atomic E-state index is 12.4. The van der Waals surface area contributed by atoms with Gasteiger partial charge < -0.3 is 15.2 Å². The van der Waals surface area contributed by atoms with Gasteiger partial charge in [-0.1, -0.05) is 31.0 Å². The Balaban J connectivity index is 1.39. The summed E-state index contributed by atoms with van der Waals surface area (Å²) in [6.07, 6.45) is 6.81. The second-order valence-electron chi connectivity index (χ2n) is 7.59. The number of pyridine rings is 2. The topological polar surface area (TPSA) is 78.1 Å². The van der Waals surface area contributed by atoms with Crippen LogP contribution in [0.4, 0.5) is 5.82 Å². The summed E-state index contributed by atoms with van der Waals surface area (Å²) in [6.45, 7) is 2.49. The first-order valence-corrected chi connectivity index (χ1v) is 10.3. The molecule has 0 radical (unpaired) electrons. The largest absolute Gasteiger partial charge is 0.357 e. The maximum Gasteiger partial charge on any atom is 0.252 e. The summed E-state index contributed by atoms with van der Waals surface area (Å²) >= 11 is 0. The van der Waals surface area contributed by atoms with Crippen LogP contribution in [0.15, 0.2) is 53.5 Å². The van der Waals surface area contributed by atoms with Crippen molar-refractivity contribution in [1.82, 2.24) is 15.3 Å². The number of aromatic amines is 1. The molecule has 2 aromatic heterocycles. The Bertz CT molecular complexity index is 1050. The van der Waals surface area contributed by atoms with E-state index >= 15 is 0 Å². The van der Waals surface area contributed by atoms with E-state index in [0.717, 1.165) is 35.4 Å². The van der Waals surface area contributed by atoms with Crippen LogP contribution in [0.2, 0.25) is 0 Å². The number of carbonyl (C=O) groups excluding carboxylic acids is 1. The fraction of sp³-hybridized carbons (Fsp3) is 0.348. The van der Waals surface area contributed by atoms with E-state index in [2.05, 4.69) is 26.3 Å². The molecule has 0 unspecified atom stereocenters. The zero-order chi connectivity index (χ0) is 20.1. The van der Waals surface area contributed by atoms with E-state index in [9.17, 15) is 9.59 Å². The lowest BCUT2D eigenvalue weighted by atomic mass is 10.1. The molecule has 1 fully saturated rings. The summed E-state index contributed by atoms with van der Waals surface area (Å²) in [7, 11) is 0. The van der Waals surface area contributed by atoms with E-state index in [1.54, 1.807) is 12.3 Å². The van der Waals surface area contributed by atoms with Gasteiger partial charge in [0.15, 0.2) is 0 Å². The number of nitrogens with one attached hydrogen (secondary N) is 2. The van der Waals surface area contributed by atoms with Crippen molar-refractivity contribution in [2.45, 2.75) is 38.6 Å². The number of carbonyl (C=O) groups is 1. The monoisotopic (exact) mass is 390 g/mol. The molecule has 3 heterocycles. The minimum atomic E-state index is -0.216. The van der Waals surface area contributed by atoms with Crippen LogP contribution >= 0.6 is 0 Å². The van der Waals surface area contributed by atoms with Gasteiger partial charge in [0.1, 0.15) is 5.82 Å². The molecule has 2 N–H and O–H groups in total. The predicted molar refractivity (Wildman–Crippen MR) is 115 cm³/mol. The number of para-hydroxylation sites is 1. The van der Waals surface area contributed by atoms with Crippen LogP contribution in [0, 0.1) is 0 Å². The number of amides is 1. The van der Waals surface area contributed by atoms with Crippen molar-refractivity contribution >= 4 is 22.6 Å². The van der Waals surface area contributed by atoms with Crippen molar-refractivity contribution in [1.29, 1.82) is 0 Å². The van der Waals surface area contributed by atoms with E-state index in [4.69, 9.17) is 0 Å². The first kappa shape index (κ1) is 19.2. The number of aromatic nitrogens is 2. The van der Waals surface area contributed by atoms with E-state index in [1.807, 2.05) is 30.3 Å². The highest BCUT2D eigenvalue weighted by Gasteiger charge is 2.12. The molecular weight excluding hydrogens is 364 g/mol. The number of anilines is 1. The summed E-state index contributed by atoms with van der Waals surface area (Å²) in [4.78, 5) is 34.3. The quantitative estimate of drug-likeness (QED) is 0.701. The fourth-order valence-corrected chi connectivity index (χ4v) is 3.80. The molecule has 1 aliphatic heterocycles. The average Bonchev–Trinajstić information content (AvgIpc) is 3.03. The molecule has 6 nitrogen and oxygen atoms in total. The molecule has 3 aromatic rings. The second kappa shape index (κ2) is 8.90. The van der Waals surface area contributed by atoms with Gasteiger partial charge in [0.25, 0.3) is 5.56 Å². The van der Waals surface area contributed by atoms with Crippen molar-refractivity contribution in [3.8, 4) is 0 Å². The Hall–Kier alpha value is -3.15. The van der Waals surface area contributed by atoms with Gasteiger partial charge in [-0.25, -0.2) is 4.98 Å². The molecule has 0 saturated carbocycles. The van der Waals surface area contributed by atoms with E-state index in [0.29, 0.717) is 12.1 Å². The third kappa shape index (κ3) is 4.83. The number of benzene rings is 1. The predicted octanol–water partition coefficient (Wildman–Crippen LogP) is 3.16. The Morgan fingerprint density at radius 2 is 1.86 bits per heavy atom. The number of nitrogens with zero attached hydrogens (tertiary/aromatic N) is 2. The zero-order valence-electron chi connectivity index (χ0n) is 16.5. The lowest BCUT2D eigenvalue weighted by Crippen LogP contribution is -2.28. The fourth-order valence-electron chi connectivity index (χ4n) is 3.80. The first-order valence-electron chi connectivity index (χ1n) is 10.3.